The van der Waals surface area contributed by atoms with Gasteiger partial charge in [0, 0.05) is 36.6 Å². The predicted octanol–water partition coefficient (Wildman–Crippen LogP) is 6.10. The second-order valence-corrected chi connectivity index (χ2v) is 11.7. The number of carbonyl (C=O) groups excluding carboxylic acids is 2. The van der Waals surface area contributed by atoms with Crippen molar-refractivity contribution in [2.24, 2.45) is 5.92 Å². The lowest BCUT2D eigenvalue weighted by atomic mass is 9.93. The van der Waals surface area contributed by atoms with Crippen LogP contribution in [-0.2, 0) is 4.74 Å². The Labute approximate surface area is 257 Å². The summed E-state index contributed by atoms with van der Waals surface area (Å²) in [5.74, 6) is -2.35. The van der Waals surface area contributed by atoms with E-state index in [4.69, 9.17) is 4.74 Å². The number of ether oxygens (including phenoxy) is 1. The van der Waals surface area contributed by atoms with Crippen LogP contribution in [0.15, 0.2) is 67.1 Å². The average molecular weight is 618 g/mol. The maximum Gasteiger partial charge on any atom is 0.407 e. The van der Waals surface area contributed by atoms with Crippen molar-refractivity contribution in [1.29, 1.82) is 5.26 Å². The Morgan fingerprint density at radius 2 is 1.82 bits per heavy atom. The lowest BCUT2D eigenvalue weighted by molar-refractivity contribution is -0.177. The molecule has 0 saturated carbocycles. The highest BCUT2D eigenvalue weighted by atomic mass is 19.4. The third-order valence-corrected chi connectivity index (χ3v) is 7.15. The fourth-order valence-corrected chi connectivity index (χ4v) is 5.17. The third kappa shape index (κ3) is 7.46. The van der Waals surface area contributed by atoms with E-state index in [-0.39, 0.29) is 30.9 Å². The SMILES string of the molecule is CC(C)(C)OC(=O)N[C@H]1C[C@@H](C(F)(F)F)CN(c2ccncc2NC(=O)c2ccc3ncc(-c4ccccc4C#N)cc3n2)C1. The number of nitriles is 1. The van der Waals surface area contributed by atoms with Gasteiger partial charge < -0.3 is 20.3 Å². The van der Waals surface area contributed by atoms with Crippen molar-refractivity contribution in [3.05, 3.63) is 78.4 Å². The topological polar surface area (TPSA) is 133 Å². The number of pyridine rings is 3. The number of hydrogen-bond acceptors (Lipinski definition) is 8. The number of halogens is 3. The van der Waals surface area contributed by atoms with E-state index in [9.17, 15) is 28.0 Å². The number of nitrogens with one attached hydrogen (secondary N) is 2. The molecule has 2 amide bonds. The fraction of sp³-hybridized carbons (Fsp3) is 0.312. The molecule has 1 fully saturated rings. The standard InChI is InChI=1S/C32H30F3N7O3/c1-31(2,3)45-30(44)39-22-13-21(32(33,34)35)17-42(18-22)28-10-11-37-16-27(28)41-29(43)25-9-8-24-26(40-25)12-20(15-38-24)23-7-5-4-6-19(23)14-36/h4-12,15-16,21-22H,13,17-18H2,1-3H3,(H,39,44)(H,41,43)/t21-,22+/m1/s1. The minimum Gasteiger partial charge on any atom is -0.444 e. The number of alkyl halides is 3. The van der Waals surface area contributed by atoms with E-state index < -0.39 is 35.7 Å². The summed E-state index contributed by atoms with van der Waals surface area (Å²) in [6.07, 6.45) is -1.26. The van der Waals surface area contributed by atoms with Gasteiger partial charge >= 0.3 is 12.3 Å². The highest BCUT2D eigenvalue weighted by Gasteiger charge is 2.45. The first-order chi connectivity index (χ1) is 21.3. The molecule has 1 saturated heterocycles. The van der Waals surface area contributed by atoms with Crippen LogP contribution in [0.1, 0.15) is 43.2 Å². The summed E-state index contributed by atoms with van der Waals surface area (Å²) >= 11 is 0. The number of rotatable bonds is 5. The van der Waals surface area contributed by atoms with E-state index in [0.717, 1.165) is 0 Å². The third-order valence-electron chi connectivity index (χ3n) is 7.15. The molecule has 13 heteroatoms. The van der Waals surface area contributed by atoms with Crippen molar-refractivity contribution in [2.75, 3.05) is 23.3 Å². The molecule has 0 aliphatic carbocycles. The van der Waals surface area contributed by atoms with Gasteiger partial charge in [-0.15, -0.1) is 0 Å². The number of nitrogens with zero attached hydrogens (tertiary/aromatic N) is 5. The highest BCUT2D eigenvalue weighted by molar-refractivity contribution is 6.05. The fourth-order valence-electron chi connectivity index (χ4n) is 5.17. The first-order valence-electron chi connectivity index (χ1n) is 14.1. The van der Waals surface area contributed by atoms with Gasteiger partial charge in [-0.05, 0) is 57.5 Å². The van der Waals surface area contributed by atoms with Crippen LogP contribution in [0.25, 0.3) is 22.2 Å². The van der Waals surface area contributed by atoms with E-state index in [1.54, 1.807) is 63.4 Å². The van der Waals surface area contributed by atoms with Crippen molar-refractivity contribution in [3.63, 3.8) is 0 Å². The number of alkyl carbamates (subject to hydrolysis) is 1. The smallest absolute Gasteiger partial charge is 0.407 e. The Bertz CT molecular complexity index is 1780. The molecule has 232 valence electrons. The molecule has 0 bridgehead atoms. The molecule has 0 spiro atoms. The highest BCUT2D eigenvalue weighted by Crippen LogP contribution is 2.37. The first-order valence-corrected chi connectivity index (χ1v) is 14.1. The van der Waals surface area contributed by atoms with Gasteiger partial charge in [0.15, 0.2) is 0 Å². The maximum atomic E-state index is 14.0. The molecule has 3 aromatic heterocycles. The largest absolute Gasteiger partial charge is 0.444 e. The van der Waals surface area contributed by atoms with E-state index in [0.29, 0.717) is 33.4 Å². The first kappa shape index (κ1) is 31.2. The van der Waals surface area contributed by atoms with Gasteiger partial charge in [0.2, 0.25) is 0 Å². The summed E-state index contributed by atoms with van der Waals surface area (Å²) in [7, 11) is 0. The minimum absolute atomic E-state index is 0.0427. The Kier molecular flexibility index (Phi) is 8.59. The molecule has 4 heterocycles. The van der Waals surface area contributed by atoms with Crippen LogP contribution in [0.3, 0.4) is 0 Å². The Balaban J connectivity index is 1.40. The van der Waals surface area contributed by atoms with Crippen molar-refractivity contribution in [1.82, 2.24) is 20.3 Å². The molecule has 2 atom stereocenters. The predicted molar refractivity (Wildman–Crippen MR) is 161 cm³/mol. The van der Waals surface area contributed by atoms with Crippen LogP contribution < -0.4 is 15.5 Å². The van der Waals surface area contributed by atoms with Crippen LogP contribution in [0.4, 0.5) is 29.3 Å². The van der Waals surface area contributed by atoms with E-state index in [1.807, 2.05) is 0 Å². The summed E-state index contributed by atoms with van der Waals surface area (Å²) in [6.45, 7) is 4.66. The molecule has 1 aromatic carbocycles. The summed E-state index contributed by atoms with van der Waals surface area (Å²) < 4.78 is 47.2. The van der Waals surface area contributed by atoms with Crippen LogP contribution in [-0.4, -0.2) is 57.9 Å². The molecule has 0 radical (unpaired) electrons. The summed E-state index contributed by atoms with van der Waals surface area (Å²) in [4.78, 5) is 40.2. The van der Waals surface area contributed by atoms with Crippen LogP contribution >= 0.6 is 0 Å². The van der Waals surface area contributed by atoms with E-state index >= 15 is 0 Å². The number of benzene rings is 1. The zero-order valence-electron chi connectivity index (χ0n) is 24.7. The Morgan fingerprint density at radius 3 is 2.56 bits per heavy atom. The number of carbonyl (C=O) groups is 2. The average Bonchev–Trinajstić information content (AvgIpc) is 2.99. The van der Waals surface area contributed by atoms with Crippen molar-refractivity contribution in [3.8, 4) is 17.2 Å². The normalized spacial score (nSPS) is 17.0. The van der Waals surface area contributed by atoms with Crippen molar-refractivity contribution in [2.45, 2.75) is 45.0 Å². The second kappa shape index (κ2) is 12.4. The lowest BCUT2D eigenvalue weighted by Gasteiger charge is -2.40. The van der Waals surface area contributed by atoms with Gasteiger partial charge in [0.25, 0.3) is 5.91 Å². The van der Waals surface area contributed by atoms with Gasteiger partial charge in [-0.25, -0.2) is 9.78 Å². The molecule has 2 N–H and O–H groups in total. The van der Waals surface area contributed by atoms with Crippen molar-refractivity contribution < 1.29 is 27.5 Å². The monoisotopic (exact) mass is 617 g/mol. The Morgan fingerprint density at radius 1 is 1.04 bits per heavy atom. The molecule has 45 heavy (non-hydrogen) atoms. The van der Waals surface area contributed by atoms with E-state index in [2.05, 4.69) is 31.7 Å². The van der Waals surface area contributed by atoms with Gasteiger partial charge in [-0.3, -0.25) is 14.8 Å². The molecular formula is C32H30F3N7O3. The minimum atomic E-state index is -4.52. The van der Waals surface area contributed by atoms with Crippen LogP contribution in [0.5, 0.6) is 0 Å². The number of amides is 2. The van der Waals surface area contributed by atoms with Crippen LogP contribution in [0.2, 0.25) is 0 Å². The molecular weight excluding hydrogens is 587 g/mol. The number of aromatic nitrogens is 3. The number of hydrogen-bond donors (Lipinski definition) is 2. The maximum absolute atomic E-state index is 14.0. The van der Waals surface area contributed by atoms with Crippen LogP contribution in [0, 0.1) is 17.2 Å². The Hall–Kier alpha value is -5.25. The van der Waals surface area contributed by atoms with Gasteiger partial charge in [0.05, 0.1) is 52.2 Å². The van der Waals surface area contributed by atoms with E-state index in [1.165, 1.54) is 29.4 Å². The van der Waals surface area contributed by atoms with Gasteiger partial charge in [0.1, 0.15) is 11.3 Å². The molecule has 10 nitrogen and oxygen atoms in total. The molecule has 1 aliphatic rings. The molecule has 4 aromatic rings. The van der Waals surface area contributed by atoms with Gasteiger partial charge in [-0.1, -0.05) is 18.2 Å². The second-order valence-electron chi connectivity index (χ2n) is 11.7. The molecule has 0 unspecified atom stereocenters. The number of fused-ring (bicyclic) bond motifs is 1. The quantitative estimate of drug-likeness (QED) is 0.275. The summed E-state index contributed by atoms with van der Waals surface area (Å²) in [6, 6.07) is 14.7. The summed E-state index contributed by atoms with van der Waals surface area (Å²) in [5, 5.41) is 14.8. The number of anilines is 2. The van der Waals surface area contributed by atoms with Gasteiger partial charge in [-0.2, -0.15) is 18.4 Å². The van der Waals surface area contributed by atoms with Crippen molar-refractivity contribution >= 4 is 34.4 Å². The summed E-state index contributed by atoms with van der Waals surface area (Å²) in [5.41, 5.74) is 2.44. The zero-order chi connectivity index (χ0) is 32.4. The number of piperidine rings is 1. The zero-order valence-corrected chi connectivity index (χ0v) is 24.7. The molecule has 5 rings (SSSR count). The lowest BCUT2D eigenvalue weighted by Crippen LogP contribution is -2.54. The molecule has 1 aliphatic heterocycles.